The number of hydrogen-bond donors (Lipinski definition) is 2. The number of carboxylic acid groups (broad SMARTS) is 1. The quantitative estimate of drug-likeness (QED) is 0.782. The molecule has 0 fully saturated rings. The van der Waals surface area contributed by atoms with Gasteiger partial charge in [0, 0.05) is 25.8 Å². The molecular formula is C14H22N2O3. The fourth-order valence-electron chi connectivity index (χ4n) is 1.93. The van der Waals surface area contributed by atoms with Gasteiger partial charge in [0.2, 0.25) is 0 Å². The van der Waals surface area contributed by atoms with Crippen molar-refractivity contribution in [3.63, 3.8) is 0 Å². The third kappa shape index (κ3) is 4.44. The van der Waals surface area contributed by atoms with E-state index in [-0.39, 0.29) is 0 Å². The van der Waals surface area contributed by atoms with Crippen LogP contribution < -0.4 is 15.4 Å². The normalized spacial score (nSPS) is 12.0. The highest BCUT2D eigenvalue weighted by Crippen LogP contribution is 2.26. The minimum Gasteiger partial charge on any atom is -0.497 e. The maximum atomic E-state index is 10.7. The molecular weight excluding hydrogens is 244 g/mol. The van der Waals surface area contributed by atoms with E-state index in [0.29, 0.717) is 6.42 Å². The molecule has 0 aliphatic carbocycles. The van der Waals surface area contributed by atoms with Gasteiger partial charge in [0.15, 0.2) is 0 Å². The van der Waals surface area contributed by atoms with E-state index in [9.17, 15) is 4.79 Å². The molecule has 0 amide bonds. The fraction of sp³-hybridized carbons (Fsp3) is 0.500. The van der Waals surface area contributed by atoms with Gasteiger partial charge < -0.3 is 20.5 Å². The Balaban J connectivity index is 2.69. The van der Waals surface area contributed by atoms with Crippen molar-refractivity contribution in [3.8, 4) is 5.75 Å². The minimum atomic E-state index is -0.942. The lowest BCUT2D eigenvalue weighted by Gasteiger charge is -2.18. The van der Waals surface area contributed by atoms with E-state index in [1.165, 1.54) is 5.56 Å². The Morgan fingerprint density at radius 3 is 2.68 bits per heavy atom. The number of aliphatic carboxylic acids is 1. The third-order valence-corrected chi connectivity index (χ3v) is 3.05. The van der Waals surface area contributed by atoms with Crippen LogP contribution in [0.25, 0.3) is 0 Å². The van der Waals surface area contributed by atoms with E-state index >= 15 is 0 Å². The highest BCUT2D eigenvalue weighted by Gasteiger charge is 2.12. The summed E-state index contributed by atoms with van der Waals surface area (Å²) in [5.41, 5.74) is 7.75. The summed E-state index contributed by atoms with van der Waals surface area (Å²) in [6.07, 6.45) is 2.04. The van der Waals surface area contributed by atoms with Crippen LogP contribution in [0.3, 0.4) is 0 Å². The molecule has 0 aliphatic rings. The molecule has 0 saturated heterocycles. The van der Waals surface area contributed by atoms with Gasteiger partial charge in [-0.2, -0.15) is 0 Å². The molecule has 5 heteroatoms. The Morgan fingerprint density at radius 2 is 2.16 bits per heavy atom. The number of benzene rings is 1. The zero-order chi connectivity index (χ0) is 14.4. The number of carbonyl (C=O) groups is 1. The second kappa shape index (κ2) is 6.99. The molecule has 1 atom stereocenters. The summed E-state index contributed by atoms with van der Waals surface area (Å²) in [5.74, 6) is -0.128. The maximum absolute atomic E-state index is 10.7. The number of carboxylic acids is 1. The minimum absolute atomic E-state index is 0.480. The first kappa shape index (κ1) is 15.3. The lowest BCUT2D eigenvalue weighted by atomic mass is 10.0. The summed E-state index contributed by atoms with van der Waals surface area (Å²) in [6.45, 7) is 0. The molecule has 0 radical (unpaired) electrons. The fourth-order valence-corrected chi connectivity index (χ4v) is 1.93. The van der Waals surface area contributed by atoms with Gasteiger partial charge >= 0.3 is 5.97 Å². The number of aryl methyl sites for hydroxylation is 1. The number of hydrogen-bond acceptors (Lipinski definition) is 4. The average molecular weight is 266 g/mol. The van der Waals surface area contributed by atoms with E-state index in [0.717, 1.165) is 24.3 Å². The Hall–Kier alpha value is -1.75. The second-order valence-corrected chi connectivity index (χ2v) is 4.73. The van der Waals surface area contributed by atoms with Crippen LogP contribution in [0.4, 0.5) is 5.69 Å². The van der Waals surface area contributed by atoms with Gasteiger partial charge in [-0.1, -0.05) is 6.07 Å². The number of anilines is 1. The molecule has 0 bridgehead atoms. The number of nitrogens with two attached hydrogens (primary N) is 1. The van der Waals surface area contributed by atoms with Crippen LogP contribution in [-0.4, -0.2) is 38.3 Å². The van der Waals surface area contributed by atoms with Crippen LogP contribution >= 0.6 is 0 Å². The first-order valence-electron chi connectivity index (χ1n) is 6.28. The Kier molecular flexibility index (Phi) is 5.63. The van der Waals surface area contributed by atoms with Crippen molar-refractivity contribution in [2.45, 2.75) is 25.3 Å². The third-order valence-electron chi connectivity index (χ3n) is 3.05. The summed E-state index contributed by atoms with van der Waals surface area (Å²) >= 11 is 0. The molecule has 1 aromatic rings. The molecule has 3 N–H and O–H groups in total. The van der Waals surface area contributed by atoms with Crippen LogP contribution in [0.5, 0.6) is 5.75 Å². The summed E-state index contributed by atoms with van der Waals surface area (Å²) < 4.78 is 5.21. The van der Waals surface area contributed by atoms with Crippen molar-refractivity contribution in [1.82, 2.24) is 0 Å². The predicted molar refractivity (Wildman–Crippen MR) is 75.9 cm³/mol. The molecule has 0 spiro atoms. The monoisotopic (exact) mass is 266 g/mol. The van der Waals surface area contributed by atoms with Crippen LogP contribution in [0.2, 0.25) is 0 Å². The molecule has 0 heterocycles. The average Bonchev–Trinajstić information content (AvgIpc) is 2.38. The number of nitrogens with zero attached hydrogens (tertiary/aromatic N) is 1. The van der Waals surface area contributed by atoms with Crippen molar-refractivity contribution < 1.29 is 14.6 Å². The van der Waals surface area contributed by atoms with E-state index in [4.69, 9.17) is 15.6 Å². The van der Waals surface area contributed by atoms with E-state index in [1.54, 1.807) is 7.11 Å². The van der Waals surface area contributed by atoms with E-state index in [1.807, 2.05) is 37.2 Å². The molecule has 106 valence electrons. The molecule has 1 aromatic carbocycles. The zero-order valence-electron chi connectivity index (χ0n) is 11.7. The lowest BCUT2D eigenvalue weighted by Crippen LogP contribution is -2.29. The molecule has 1 rings (SSSR count). The molecule has 19 heavy (non-hydrogen) atoms. The second-order valence-electron chi connectivity index (χ2n) is 4.73. The molecule has 5 nitrogen and oxygen atoms in total. The van der Waals surface area contributed by atoms with Crippen molar-refractivity contribution in [1.29, 1.82) is 0 Å². The first-order valence-corrected chi connectivity index (χ1v) is 6.28. The lowest BCUT2D eigenvalue weighted by molar-refractivity contribution is -0.138. The molecule has 0 saturated carbocycles. The van der Waals surface area contributed by atoms with Gasteiger partial charge in [-0.3, -0.25) is 4.79 Å². The van der Waals surface area contributed by atoms with Gasteiger partial charge in [0.05, 0.1) is 7.11 Å². The molecule has 1 unspecified atom stereocenters. The summed E-state index contributed by atoms with van der Waals surface area (Å²) in [6, 6.07) is 5.13. The Morgan fingerprint density at radius 1 is 1.47 bits per heavy atom. The largest absolute Gasteiger partial charge is 0.497 e. The summed E-state index contributed by atoms with van der Waals surface area (Å²) in [5, 5.41) is 8.74. The van der Waals surface area contributed by atoms with Crippen LogP contribution in [0, 0.1) is 0 Å². The van der Waals surface area contributed by atoms with Gasteiger partial charge in [-0.05, 0) is 30.9 Å². The SMILES string of the molecule is COc1ccc(CCCC(N)C(=O)O)c(N(C)C)c1. The van der Waals surface area contributed by atoms with Crippen molar-refractivity contribution >= 4 is 11.7 Å². The van der Waals surface area contributed by atoms with E-state index in [2.05, 4.69) is 0 Å². The van der Waals surface area contributed by atoms with Gasteiger partial charge in [0.1, 0.15) is 11.8 Å². The van der Waals surface area contributed by atoms with Crippen LogP contribution in [0.1, 0.15) is 18.4 Å². The van der Waals surface area contributed by atoms with Crippen LogP contribution in [0.15, 0.2) is 18.2 Å². The van der Waals surface area contributed by atoms with Crippen molar-refractivity contribution in [3.05, 3.63) is 23.8 Å². The standard InChI is InChI=1S/C14H22N2O3/c1-16(2)13-9-11(19-3)8-7-10(13)5-4-6-12(15)14(17)18/h7-9,12H,4-6,15H2,1-3H3,(H,17,18). The highest BCUT2D eigenvalue weighted by atomic mass is 16.5. The van der Waals surface area contributed by atoms with Gasteiger partial charge in [-0.15, -0.1) is 0 Å². The molecule has 0 aromatic heterocycles. The Labute approximate surface area is 114 Å². The summed E-state index contributed by atoms with van der Waals surface area (Å²) in [4.78, 5) is 12.7. The smallest absolute Gasteiger partial charge is 0.320 e. The number of methoxy groups -OCH3 is 1. The van der Waals surface area contributed by atoms with Crippen molar-refractivity contribution in [2.24, 2.45) is 5.73 Å². The van der Waals surface area contributed by atoms with E-state index < -0.39 is 12.0 Å². The maximum Gasteiger partial charge on any atom is 0.320 e. The van der Waals surface area contributed by atoms with Gasteiger partial charge in [-0.25, -0.2) is 0 Å². The highest BCUT2D eigenvalue weighted by molar-refractivity contribution is 5.72. The number of ether oxygens (including phenoxy) is 1. The van der Waals surface area contributed by atoms with Crippen molar-refractivity contribution in [2.75, 3.05) is 26.1 Å². The molecule has 0 aliphatic heterocycles. The topological polar surface area (TPSA) is 75.8 Å². The van der Waals surface area contributed by atoms with Crippen LogP contribution in [-0.2, 0) is 11.2 Å². The number of rotatable bonds is 7. The summed E-state index contributed by atoms with van der Waals surface area (Å²) in [7, 11) is 5.59. The van der Waals surface area contributed by atoms with Gasteiger partial charge in [0.25, 0.3) is 0 Å². The zero-order valence-corrected chi connectivity index (χ0v) is 11.7. The predicted octanol–water partition coefficient (Wildman–Crippen LogP) is 1.50. The first-order chi connectivity index (χ1) is 8.95. The Bertz CT molecular complexity index is 433.